The number of hydrogen-bond acceptors (Lipinski definition) is 7. The lowest BCUT2D eigenvalue weighted by Gasteiger charge is -2.31. The molecule has 1 aliphatic heterocycles. The van der Waals surface area contributed by atoms with Gasteiger partial charge in [0.15, 0.2) is 5.84 Å². The highest BCUT2D eigenvalue weighted by molar-refractivity contribution is 6.00. The first kappa shape index (κ1) is 25.4. The Kier molecular flexibility index (Phi) is 8.94. The van der Waals surface area contributed by atoms with Gasteiger partial charge in [-0.15, -0.1) is 5.11 Å². The summed E-state index contributed by atoms with van der Waals surface area (Å²) in [5, 5.41) is 20.5. The maximum absolute atomic E-state index is 11.9. The standard InChI is InChI=1S/C25H29N5O5/c1-3-23(31)30-12-9-19(10-13-30)35-20-15-17(21-6-4-5-7-22(21)34-2)14-18(16-20)25(28-26)29-27-11-8-24(32)33/h3-7,14-16,19H,1,8-13,26H2,2H3,(H,32,33). The summed E-state index contributed by atoms with van der Waals surface area (Å²) in [6, 6.07) is 13.1. The lowest BCUT2D eigenvalue weighted by Crippen LogP contribution is -2.41. The largest absolute Gasteiger partial charge is 0.496 e. The average Bonchev–Trinajstić information content (AvgIpc) is 2.88. The number of nitrogens with two attached hydrogens (primary N) is 1. The minimum atomic E-state index is -0.968. The summed E-state index contributed by atoms with van der Waals surface area (Å²) < 4.78 is 11.8. The highest BCUT2D eigenvalue weighted by Gasteiger charge is 2.23. The average molecular weight is 480 g/mol. The number of methoxy groups -OCH3 is 1. The molecule has 1 heterocycles. The molecule has 0 radical (unpaired) electrons. The first-order chi connectivity index (χ1) is 16.9. The number of carboxylic acids is 1. The van der Waals surface area contributed by atoms with Gasteiger partial charge in [0.05, 0.1) is 20.1 Å². The molecule has 2 aromatic carbocycles. The van der Waals surface area contributed by atoms with Crippen molar-refractivity contribution in [1.82, 2.24) is 4.90 Å². The topological polar surface area (TPSA) is 139 Å². The van der Waals surface area contributed by atoms with Crippen molar-refractivity contribution in [1.29, 1.82) is 0 Å². The quantitative estimate of drug-likeness (QED) is 0.141. The summed E-state index contributed by atoms with van der Waals surface area (Å²) in [5.74, 6) is 5.95. The second kappa shape index (κ2) is 12.3. The van der Waals surface area contributed by atoms with Crippen molar-refractivity contribution in [3.8, 4) is 22.6 Å². The van der Waals surface area contributed by atoms with E-state index in [1.807, 2.05) is 36.4 Å². The molecule has 10 heteroatoms. The molecule has 10 nitrogen and oxygen atoms in total. The smallest absolute Gasteiger partial charge is 0.305 e. The Morgan fingerprint density at radius 1 is 1.23 bits per heavy atom. The van der Waals surface area contributed by atoms with Crippen molar-refractivity contribution in [2.24, 2.45) is 21.2 Å². The molecule has 2 aromatic rings. The molecule has 184 valence electrons. The number of likely N-dealkylation sites (tertiary alicyclic amines) is 1. The molecule has 0 atom stereocenters. The van der Waals surface area contributed by atoms with Crippen LogP contribution in [0.3, 0.4) is 0 Å². The number of carbonyl (C=O) groups is 2. The molecule has 35 heavy (non-hydrogen) atoms. The Hall–Kier alpha value is -4.21. The molecule has 1 saturated heterocycles. The molecule has 1 amide bonds. The maximum atomic E-state index is 11.9. The van der Waals surface area contributed by atoms with Gasteiger partial charge < -0.3 is 25.3 Å². The molecule has 1 fully saturated rings. The van der Waals surface area contributed by atoms with Crippen molar-refractivity contribution in [3.05, 3.63) is 60.7 Å². The van der Waals surface area contributed by atoms with Crippen LogP contribution in [0.15, 0.2) is 70.4 Å². The Morgan fingerprint density at radius 2 is 1.97 bits per heavy atom. The second-order valence-electron chi connectivity index (χ2n) is 7.85. The van der Waals surface area contributed by atoms with Crippen molar-refractivity contribution in [3.63, 3.8) is 0 Å². The van der Waals surface area contributed by atoms with Crippen LogP contribution in [0, 0.1) is 0 Å². The van der Waals surface area contributed by atoms with Gasteiger partial charge in [0, 0.05) is 37.1 Å². The van der Waals surface area contributed by atoms with Crippen molar-refractivity contribution in [2.45, 2.75) is 25.4 Å². The number of nitrogens with zero attached hydrogens (tertiary/aromatic N) is 4. The van der Waals surface area contributed by atoms with E-state index in [0.717, 1.165) is 11.1 Å². The molecular formula is C25H29N5O5. The van der Waals surface area contributed by atoms with Crippen molar-refractivity contribution in [2.75, 3.05) is 26.7 Å². The van der Waals surface area contributed by atoms with Gasteiger partial charge in [-0.3, -0.25) is 9.59 Å². The monoisotopic (exact) mass is 479 g/mol. The number of carboxylic acid groups (broad SMARTS) is 1. The molecule has 0 saturated carbocycles. The van der Waals surface area contributed by atoms with E-state index in [4.69, 9.17) is 20.4 Å². The summed E-state index contributed by atoms with van der Waals surface area (Å²) in [7, 11) is 1.60. The van der Waals surface area contributed by atoms with Crippen LogP contribution < -0.4 is 15.3 Å². The first-order valence-corrected chi connectivity index (χ1v) is 11.2. The normalized spacial score (nSPS) is 14.7. The van der Waals surface area contributed by atoms with E-state index < -0.39 is 5.97 Å². The van der Waals surface area contributed by atoms with Crippen LogP contribution in [0.25, 0.3) is 11.1 Å². The summed E-state index contributed by atoms with van der Waals surface area (Å²) in [6.07, 6.45) is 2.45. The molecule has 0 spiro atoms. The summed E-state index contributed by atoms with van der Waals surface area (Å²) >= 11 is 0. The summed E-state index contributed by atoms with van der Waals surface area (Å²) in [6.45, 7) is 4.72. The fourth-order valence-corrected chi connectivity index (χ4v) is 3.77. The Morgan fingerprint density at radius 3 is 2.63 bits per heavy atom. The van der Waals surface area contributed by atoms with E-state index in [-0.39, 0.29) is 30.8 Å². The highest BCUT2D eigenvalue weighted by Crippen LogP contribution is 2.34. The molecule has 3 rings (SSSR count). The number of hydrogen-bond donors (Lipinski definition) is 2. The van der Waals surface area contributed by atoms with Crippen LogP contribution in [0.5, 0.6) is 11.5 Å². The van der Waals surface area contributed by atoms with Gasteiger partial charge >= 0.3 is 5.97 Å². The molecule has 0 aromatic heterocycles. The third-order valence-corrected chi connectivity index (χ3v) is 5.53. The lowest BCUT2D eigenvalue weighted by atomic mass is 10.0. The number of amides is 1. The van der Waals surface area contributed by atoms with Crippen LogP contribution in [0.2, 0.25) is 0 Å². The van der Waals surface area contributed by atoms with Crippen molar-refractivity contribution >= 4 is 17.7 Å². The first-order valence-electron chi connectivity index (χ1n) is 11.2. The highest BCUT2D eigenvalue weighted by atomic mass is 16.5. The minimum Gasteiger partial charge on any atom is -0.496 e. The lowest BCUT2D eigenvalue weighted by molar-refractivity contribution is -0.136. The number of hydrazone groups is 1. The number of rotatable bonds is 9. The Labute approximate surface area is 203 Å². The van der Waals surface area contributed by atoms with Gasteiger partial charge in [-0.2, -0.15) is 10.2 Å². The predicted octanol–water partition coefficient (Wildman–Crippen LogP) is 3.47. The molecule has 1 aliphatic rings. The van der Waals surface area contributed by atoms with Gasteiger partial charge in [0.25, 0.3) is 0 Å². The third-order valence-electron chi connectivity index (χ3n) is 5.53. The van der Waals surface area contributed by atoms with E-state index in [1.54, 1.807) is 18.1 Å². The number of piperidine rings is 1. The number of amidine groups is 1. The second-order valence-corrected chi connectivity index (χ2v) is 7.85. The van der Waals surface area contributed by atoms with Gasteiger partial charge in [-0.05, 0) is 35.9 Å². The van der Waals surface area contributed by atoms with Crippen LogP contribution in [-0.4, -0.2) is 60.6 Å². The summed E-state index contributed by atoms with van der Waals surface area (Å²) in [5.41, 5.74) is 2.20. The van der Waals surface area contributed by atoms with Crippen LogP contribution in [-0.2, 0) is 9.59 Å². The molecule has 0 unspecified atom stereocenters. The van der Waals surface area contributed by atoms with Gasteiger partial charge in [0.1, 0.15) is 17.6 Å². The SMILES string of the molecule is C=CC(=O)N1CCC(Oc2cc(C(N=NCCC(=O)O)=NN)cc(-c3ccccc3OC)c2)CC1. The third kappa shape index (κ3) is 6.89. The Balaban J connectivity index is 1.90. The molecule has 3 N–H and O–H groups in total. The zero-order valence-corrected chi connectivity index (χ0v) is 19.6. The van der Waals surface area contributed by atoms with Crippen LogP contribution in [0.1, 0.15) is 24.8 Å². The number of aliphatic carboxylic acids is 1. The zero-order chi connectivity index (χ0) is 25.2. The number of azo groups is 1. The number of ether oxygens (including phenoxy) is 2. The molecule has 0 aliphatic carbocycles. The van der Waals surface area contributed by atoms with E-state index in [9.17, 15) is 9.59 Å². The van der Waals surface area contributed by atoms with Crippen LogP contribution >= 0.6 is 0 Å². The fraction of sp³-hybridized carbons (Fsp3) is 0.320. The predicted molar refractivity (Wildman–Crippen MR) is 132 cm³/mol. The van der Waals surface area contributed by atoms with E-state index >= 15 is 0 Å². The molecule has 0 bridgehead atoms. The minimum absolute atomic E-state index is 0.00587. The van der Waals surface area contributed by atoms with Gasteiger partial charge in [-0.25, -0.2) is 0 Å². The molecular weight excluding hydrogens is 450 g/mol. The Bertz CT molecular complexity index is 1120. The van der Waals surface area contributed by atoms with Gasteiger partial charge in [0.2, 0.25) is 5.91 Å². The van der Waals surface area contributed by atoms with E-state index in [1.165, 1.54) is 6.08 Å². The summed E-state index contributed by atoms with van der Waals surface area (Å²) in [4.78, 5) is 24.4. The van der Waals surface area contributed by atoms with Crippen LogP contribution in [0.4, 0.5) is 0 Å². The van der Waals surface area contributed by atoms with Gasteiger partial charge in [-0.1, -0.05) is 24.8 Å². The fourth-order valence-electron chi connectivity index (χ4n) is 3.77. The van der Waals surface area contributed by atoms with E-state index in [2.05, 4.69) is 21.9 Å². The number of carbonyl (C=O) groups excluding carboxylic acids is 1. The van der Waals surface area contributed by atoms with E-state index in [0.29, 0.717) is 43.0 Å². The maximum Gasteiger partial charge on any atom is 0.305 e. The van der Waals surface area contributed by atoms with Crippen molar-refractivity contribution < 1.29 is 24.2 Å². The number of para-hydroxylation sites is 1. The number of benzene rings is 2. The zero-order valence-electron chi connectivity index (χ0n) is 19.6.